The average Bonchev–Trinajstić information content (AvgIpc) is 2.83. The number of carbonyl (C=O) groups excluding carboxylic acids is 1. The lowest BCUT2D eigenvalue weighted by molar-refractivity contribution is -0.384. The van der Waals surface area contributed by atoms with E-state index in [0.717, 1.165) is 17.7 Å². The third-order valence-electron chi connectivity index (χ3n) is 4.59. The third kappa shape index (κ3) is 5.90. The van der Waals surface area contributed by atoms with Crippen LogP contribution in [0, 0.1) is 21.4 Å². The summed E-state index contributed by atoms with van der Waals surface area (Å²) in [4.78, 5) is 22.7. The molecule has 3 rings (SSSR count). The third-order valence-corrected chi connectivity index (χ3v) is 5.18. The number of aromatic hydroxyl groups is 1. The minimum absolute atomic E-state index is 0.0693. The number of ether oxygens (including phenoxy) is 2. The Balaban J connectivity index is 1.82. The van der Waals surface area contributed by atoms with Crippen LogP contribution in [0.25, 0.3) is 6.08 Å². The summed E-state index contributed by atoms with van der Waals surface area (Å²) in [5.74, 6) is -0.445. The first-order valence-corrected chi connectivity index (χ1v) is 10.6. The number of nitrogens with zero attached hydrogens (tertiary/aromatic N) is 2. The molecule has 2 N–H and O–H groups in total. The molecule has 0 aromatic heterocycles. The number of nitrogens with one attached hydrogen (secondary N) is 1. The molecule has 0 heterocycles. The molecule has 0 aliphatic rings. The van der Waals surface area contributed by atoms with Crippen molar-refractivity contribution >= 4 is 39.3 Å². The Morgan fingerprint density at radius 1 is 1.24 bits per heavy atom. The first-order chi connectivity index (χ1) is 16.3. The van der Waals surface area contributed by atoms with Gasteiger partial charge in [0.15, 0.2) is 11.5 Å². The number of nitro groups is 1. The van der Waals surface area contributed by atoms with Crippen LogP contribution < -0.4 is 14.8 Å². The number of phenols is 1. The minimum atomic E-state index is -0.800. The highest BCUT2D eigenvalue weighted by Gasteiger charge is 2.17. The Kier molecular flexibility index (Phi) is 7.84. The van der Waals surface area contributed by atoms with Gasteiger partial charge in [0.2, 0.25) is 0 Å². The Morgan fingerprint density at radius 3 is 2.59 bits per heavy atom. The molecule has 34 heavy (non-hydrogen) atoms. The predicted octanol–water partition coefficient (Wildman–Crippen LogP) is 5.20. The molecule has 0 spiro atoms. The van der Waals surface area contributed by atoms with E-state index in [1.165, 1.54) is 19.3 Å². The molecule has 0 aliphatic carbocycles. The molecule has 0 unspecified atom stereocenters. The van der Waals surface area contributed by atoms with Gasteiger partial charge in [-0.2, -0.15) is 5.26 Å². The topological polar surface area (TPSA) is 135 Å². The van der Waals surface area contributed by atoms with Gasteiger partial charge < -0.3 is 19.9 Å². The van der Waals surface area contributed by atoms with Gasteiger partial charge in [-0.15, -0.1) is 0 Å². The maximum atomic E-state index is 12.6. The largest absolute Gasteiger partial charge is 0.506 e. The highest BCUT2D eigenvalue weighted by atomic mass is 79.9. The highest BCUT2D eigenvalue weighted by Crippen LogP contribution is 2.38. The van der Waals surface area contributed by atoms with Gasteiger partial charge in [-0.05, 0) is 51.3 Å². The number of hydrogen-bond acceptors (Lipinski definition) is 7. The second kappa shape index (κ2) is 11.0. The van der Waals surface area contributed by atoms with Crippen molar-refractivity contribution < 1.29 is 24.3 Å². The number of halogens is 1. The van der Waals surface area contributed by atoms with E-state index in [9.17, 15) is 25.3 Å². The van der Waals surface area contributed by atoms with Crippen LogP contribution in [-0.2, 0) is 11.4 Å². The standard InChI is InChI=1S/C24H18BrN3O6/c1-33-22-11-16(10-19(25)23(22)34-14-15-5-3-2-4-6-15)9-17(13-26)24(30)27-20-8-7-18(28(31)32)12-21(20)29/h2-12,29H,14H2,1H3,(H,27,30)/b17-9+. The number of methoxy groups -OCH3 is 1. The van der Waals surface area contributed by atoms with Gasteiger partial charge in [0.1, 0.15) is 24.0 Å². The maximum absolute atomic E-state index is 12.6. The highest BCUT2D eigenvalue weighted by molar-refractivity contribution is 9.10. The number of hydrogen-bond donors (Lipinski definition) is 2. The van der Waals surface area contributed by atoms with E-state index in [4.69, 9.17) is 9.47 Å². The summed E-state index contributed by atoms with van der Waals surface area (Å²) in [6.07, 6.45) is 1.34. The van der Waals surface area contributed by atoms with Crippen molar-refractivity contribution in [1.29, 1.82) is 5.26 Å². The number of benzene rings is 3. The molecule has 1 amide bonds. The van der Waals surface area contributed by atoms with Gasteiger partial charge >= 0.3 is 0 Å². The van der Waals surface area contributed by atoms with Crippen LogP contribution in [0.3, 0.4) is 0 Å². The summed E-state index contributed by atoms with van der Waals surface area (Å²) in [5.41, 5.74) is 0.789. The Hall–Kier alpha value is -4.36. The van der Waals surface area contributed by atoms with Gasteiger partial charge in [0.05, 0.1) is 28.3 Å². The quantitative estimate of drug-likeness (QED) is 0.136. The number of nitro benzene ring substituents is 1. The molecule has 3 aromatic carbocycles. The van der Waals surface area contributed by atoms with Crippen molar-refractivity contribution in [2.24, 2.45) is 0 Å². The molecule has 0 saturated heterocycles. The van der Waals surface area contributed by atoms with E-state index in [0.29, 0.717) is 28.1 Å². The fraction of sp³-hybridized carbons (Fsp3) is 0.0833. The lowest BCUT2D eigenvalue weighted by Crippen LogP contribution is -2.13. The summed E-state index contributed by atoms with van der Waals surface area (Å²) < 4.78 is 11.9. The molecule has 0 radical (unpaired) electrons. The number of non-ortho nitro benzene ring substituents is 1. The van der Waals surface area contributed by atoms with Crippen molar-refractivity contribution in [3.8, 4) is 23.3 Å². The smallest absolute Gasteiger partial charge is 0.273 e. The van der Waals surface area contributed by atoms with Crippen molar-refractivity contribution in [3.63, 3.8) is 0 Å². The average molecular weight is 524 g/mol. The van der Waals surface area contributed by atoms with E-state index >= 15 is 0 Å². The fourth-order valence-electron chi connectivity index (χ4n) is 2.94. The summed E-state index contributed by atoms with van der Waals surface area (Å²) in [5, 5.41) is 32.6. The van der Waals surface area contributed by atoms with Crippen molar-refractivity contribution in [3.05, 3.63) is 92.0 Å². The molecule has 9 nitrogen and oxygen atoms in total. The van der Waals surface area contributed by atoms with E-state index in [1.807, 2.05) is 36.4 Å². The summed E-state index contributed by atoms with van der Waals surface area (Å²) in [7, 11) is 1.47. The van der Waals surface area contributed by atoms with E-state index in [1.54, 1.807) is 12.1 Å². The lowest BCUT2D eigenvalue weighted by Gasteiger charge is -2.14. The normalized spacial score (nSPS) is 10.8. The molecule has 0 saturated carbocycles. The van der Waals surface area contributed by atoms with Gasteiger partial charge in [-0.25, -0.2) is 0 Å². The molecular formula is C24H18BrN3O6. The second-order valence-corrected chi connectivity index (χ2v) is 7.75. The van der Waals surface area contributed by atoms with E-state index < -0.39 is 16.6 Å². The van der Waals surface area contributed by atoms with Gasteiger partial charge in [0.25, 0.3) is 11.6 Å². The van der Waals surface area contributed by atoms with Gasteiger partial charge in [-0.1, -0.05) is 30.3 Å². The zero-order valence-corrected chi connectivity index (χ0v) is 19.4. The molecule has 0 bridgehead atoms. The molecule has 172 valence electrons. The number of phenolic OH excluding ortho intramolecular Hbond substituents is 1. The Morgan fingerprint density at radius 2 is 1.97 bits per heavy atom. The van der Waals surface area contributed by atoms with Crippen LogP contribution in [0.15, 0.2) is 70.7 Å². The number of rotatable bonds is 8. The van der Waals surface area contributed by atoms with Gasteiger partial charge in [0, 0.05) is 6.07 Å². The fourth-order valence-corrected chi connectivity index (χ4v) is 3.51. The van der Waals surface area contributed by atoms with Crippen molar-refractivity contribution in [1.82, 2.24) is 0 Å². The maximum Gasteiger partial charge on any atom is 0.273 e. The zero-order chi connectivity index (χ0) is 24.7. The summed E-state index contributed by atoms with van der Waals surface area (Å²) in [6.45, 7) is 0.315. The monoisotopic (exact) mass is 523 g/mol. The molecule has 0 fully saturated rings. The predicted molar refractivity (Wildman–Crippen MR) is 128 cm³/mol. The zero-order valence-electron chi connectivity index (χ0n) is 17.8. The lowest BCUT2D eigenvalue weighted by atomic mass is 10.1. The van der Waals surface area contributed by atoms with Gasteiger partial charge in [-0.3, -0.25) is 14.9 Å². The van der Waals surface area contributed by atoms with Crippen molar-refractivity contribution in [2.45, 2.75) is 6.61 Å². The van der Waals surface area contributed by atoms with E-state index in [2.05, 4.69) is 21.2 Å². The molecule has 0 aliphatic heterocycles. The number of carbonyl (C=O) groups is 1. The van der Waals surface area contributed by atoms with Crippen molar-refractivity contribution in [2.75, 3.05) is 12.4 Å². The van der Waals surface area contributed by atoms with Crippen LogP contribution in [0.4, 0.5) is 11.4 Å². The molecule has 3 aromatic rings. The molecule has 10 heteroatoms. The van der Waals surface area contributed by atoms with Crippen LogP contribution in [0.5, 0.6) is 17.2 Å². The Bertz CT molecular complexity index is 1300. The molecular weight excluding hydrogens is 506 g/mol. The van der Waals surface area contributed by atoms with Crippen LogP contribution in [0.2, 0.25) is 0 Å². The summed E-state index contributed by atoms with van der Waals surface area (Å²) >= 11 is 3.44. The van der Waals surface area contributed by atoms with Crippen LogP contribution in [0.1, 0.15) is 11.1 Å². The first-order valence-electron chi connectivity index (χ1n) is 9.77. The number of nitriles is 1. The van der Waals surface area contributed by atoms with Crippen LogP contribution in [-0.4, -0.2) is 23.0 Å². The molecule has 0 atom stereocenters. The Labute approximate surface area is 203 Å². The summed E-state index contributed by atoms with van der Waals surface area (Å²) in [6, 6.07) is 17.9. The van der Waals surface area contributed by atoms with Crippen LogP contribution >= 0.6 is 15.9 Å². The number of anilines is 1. The minimum Gasteiger partial charge on any atom is -0.506 e. The first kappa shape index (κ1) is 24.3. The van der Waals surface area contributed by atoms with E-state index in [-0.39, 0.29) is 16.9 Å². The SMILES string of the molecule is COc1cc(/C=C(\C#N)C(=O)Nc2ccc([N+](=O)[O-])cc2O)cc(Br)c1OCc1ccccc1. The number of amides is 1. The second-order valence-electron chi connectivity index (χ2n) is 6.89.